The van der Waals surface area contributed by atoms with Crippen LogP contribution in [0.25, 0.3) is 6.08 Å². The van der Waals surface area contributed by atoms with Crippen molar-refractivity contribution in [1.82, 2.24) is 0 Å². The lowest BCUT2D eigenvalue weighted by atomic mass is 9.93. The number of aromatic hydroxyl groups is 3. The summed E-state index contributed by atoms with van der Waals surface area (Å²) in [6, 6.07) is 8.13. The Bertz CT molecular complexity index is 1710. The topological polar surface area (TPSA) is 147 Å². The van der Waals surface area contributed by atoms with E-state index in [0.717, 1.165) is 17.7 Å². The van der Waals surface area contributed by atoms with E-state index in [9.17, 15) is 29.6 Å². The molecule has 46 heavy (non-hydrogen) atoms. The summed E-state index contributed by atoms with van der Waals surface area (Å²) in [6.07, 6.45) is 3.83. The van der Waals surface area contributed by atoms with Crippen molar-refractivity contribution in [1.29, 1.82) is 0 Å². The number of anilines is 1. The summed E-state index contributed by atoms with van der Waals surface area (Å²) in [5.74, 6) is -1.72. The summed E-state index contributed by atoms with van der Waals surface area (Å²) < 4.78 is 35.7. The van der Waals surface area contributed by atoms with Crippen LogP contribution < -0.4 is 24.3 Å². The minimum absolute atomic E-state index is 0.0111. The monoisotopic (exact) mass is 675 g/mol. The molecule has 5 N–H and O–H groups in total. The van der Waals surface area contributed by atoms with Gasteiger partial charge >= 0.3 is 0 Å². The standard InChI is InChI=1S/C33H32Cl2FNO9/c1-3-17(6-7-43-27-10-19(36)9-23(34)29(27)35)22-11-21(13-25(22)39)46-20-5-4-18(24(38)12-20)8-16(2)33(42)37-30-26(40)14-28-32(31(30)41)45-15-44-28/h4-6,8-10,12,14,21-22,25,38-41H,3,7,11,13,15H2,1-2H3,(H,37,42)/b16-8+,17-6+/t21-,22-,25+/m1/s1. The summed E-state index contributed by atoms with van der Waals surface area (Å²) >= 11 is 12.0. The Hall–Kier alpha value is -4.32. The van der Waals surface area contributed by atoms with Crippen LogP contribution >= 0.6 is 23.2 Å². The second kappa shape index (κ2) is 14.0. The number of amides is 1. The lowest BCUT2D eigenvalue weighted by Crippen LogP contribution is -2.16. The van der Waals surface area contributed by atoms with Crippen molar-refractivity contribution < 1.29 is 48.6 Å². The third kappa shape index (κ3) is 7.22. The second-order valence-electron chi connectivity index (χ2n) is 10.9. The first-order chi connectivity index (χ1) is 21.9. The fourth-order valence-electron chi connectivity index (χ4n) is 5.46. The van der Waals surface area contributed by atoms with E-state index in [1.807, 2.05) is 13.0 Å². The van der Waals surface area contributed by atoms with Crippen molar-refractivity contribution in [3.8, 4) is 40.2 Å². The number of aliphatic hydroxyl groups excluding tert-OH is 1. The van der Waals surface area contributed by atoms with Crippen LogP contribution in [0.5, 0.6) is 40.2 Å². The first kappa shape index (κ1) is 33.1. The highest BCUT2D eigenvalue weighted by molar-refractivity contribution is 6.42. The zero-order valence-electron chi connectivity index (χ0n) is 24.9. The molecule has 3 aromatic carbocycles. The first-order valence-corrected chi connectivity index (χ1v) is 15.2. The van der Waals surface area contributed by atoms with Gasteiger partial charge in [-0.1, -0.05) is 35.7 Å². The molecule has 13 heteroatoms. The predicted molar refractivity (Wildman–Crippen MR) is 170 cm³/mol. The minimum Gasteiger partial charge on any atom is -0.507 e. The normalized spacial score (nSPS) is 19.3. The number of hydrogen-bond acceptors (Lipinski definition) is 9. The van der Waals surface area contributed by atoms with Crippen LogP contribution in [0, 0.1) is 11.7 Å². The highest BCUT2D eigenvalue weighted by Gasteiger charge is 2.36. The number of phenolic OH excluding ortho intramolecular Hbond substituents is 3. The molecular formula is C33H32Cl2FNO9. The number of carbonyl (C=O) groups excluding carboxylic acids is 1. The van der Waals surface area contributed by atoms with Gasteiger partial charge in [-0.3, -0.25) is 4.79 Å². The number of carbonyl (C=O) groups is 1. The van der Waals surface area contributed by atoms with Gasteiger partial charge in [-0.15, -0.1) is 0 Å². The van der Waals surface area contributed by atoms with Gasteiger partial charge < -0.3 is 44.7 Å². The van der Waals surface area contributed by atoms with Crippen LogP contribution in [0.2, 0.25) is 10.0 Å². The molecule has 3 aromatic rings. The third-order valence-electron chi connectivity index (χ3n) is 7.80. The number of nitrogens with one attached hydrogen (secondary N) is 1. The van der Waals surface area contributed by atoms with Crippen molar-refractivity contribution >= 4 is 40.9 Å². The predicted octanol–water partition coefficient (Wildman–Crippen LogP) is 6.95. The number of fused-ring (bicyclic) bond motifs is 1. The van der Waals surface area contributed by atoms with Gasteiger partial charge in [0.1, 0.15) is 52.2 Å². The molecule has 0 spiro atoms. The Kier molecular flexibility index (Phi) is 10.0. The Balaban J connectivity index is 1.20. The van der Waals surface area contributed by atoms with Crippen LogP contribution in [-0.4, -0.2) is 51.9 Å². The quantitative estimate of drug-likeness (QED) is 0.0666. The van der Waals surface area contributed by atoms with Crippen LogP contribution in [0.3, 0.4) is 0 Å². The second-order valence-corrected chi connectivity index (χ2v) is 11.7. The zero-order chi connectivity index (χ0) is 33.1. The van der Waals surface area contributed by atoms with Crippen molar-refractivity contribution in [2.45, 2.75) is 45.3 Å². The van der Waals surface area contributed by atoms with Crippen LogP contribution in [0.4, 0.5) is 10.1 Å². The number of aliphatic hydroxyl groups is 1. The number of hydrogen-bond donors (Lipinski definition) is 5. The molecule has 0 aromatic heterocycles. The van der Waals surface area contributed by atoms with Crippen LogP contribution in [-0.2, 0) is 4.79 Å². The number of rotatable bonds is 10. The molecule has 0 unspecified atom stereocenters. The maximum Gasteiger partial charge on any atom is 0.251 e. The molecule has 1 aliphatic heterocycles. The van der Waals surface area contributed by atoms with E-state index >= 15 is 0 Å². The van der Waals surface area contributed by atoms with E-state index in [4.69, 9.17) is 42.1 Å². The summed E-state index contributed by atoms with van der Waals surface area (Å²) in [6.45, 7) is 3.45. The van der Waals surface area contributed by atoms with Crippen LogP contribution in [0.15, 0.2) is 53.6 Å². The molecule has 244 valence electrons. The highest BCUT2D eigenvalue weighted by Crippen LogP contribution is 2.50. The molecule has 0 radical (unpaired) electrons. The minimum atomic E-state index is -0.663. The van der Waals surface area contributed by atoms with Gasteiger partial charge in [0.2, 0.25) is 12.5 Å². The lowest BCUT2D eigenvalue weighted by Gasteiger charge is -2.18. The van der Waals surface area contributed by atoms with E-state index in [1.165, 1.54) is 25.1 Å². The maximum atomic E-state index is 13.7. The molecule has 1 aliphatic carbocycles. The van der Waals surface area contributed by atoms with Crippen molar-refractivity contribution in [3.05, 3.63) is 75.0 Å². The Morgan fingerprint density at radius 2 is 1.89 bits per heavy atom. The Morgan fingerprint density at radius 1 is 1.11 bits per heavy atom. The largest absolute Gasteiger partial charge is 0.507 e. The van der Waals surface area contributed by atoms with Gasteiger partial charge in [-0.2, -0.15) is 0 Å². The highest BCUT2D eigenvalue weighted by atomic mass is 35.5. The number of ether oxygens (including phenoxy) is 4. The zero-order valence-corrected chi connectivity index (χ0v) is 26.4. The number of phenols is 3. The van der Waals surface area contributed by atoms with E-state index in [2.05, 4.69) is 5.32 Å². The molecule has 2 aliphatic rings. The van der Waals surface area contributed by atoms with Gasteiger partial charge in [0.15, 0.2) is 11.5 Å². The van der Waals surface area contributed by atoms with Crippen molar-refractivity contribution in [3.63, 3.8) is 0 Å². The Morgan fingerprint density at radius 3 is 2.63 bits per heavy atom. The van der Waals surface area contributed by atoms with Gasteiger partial charge in [-0.05, 0) is 50.1 Å². The SMILES string of the molecule is CC/C(=C\COc1cc(F)cc(Cl)c1Cl)[C@H]1C[C@@H](Oc2ccc(/C=C(\C)C(=O)Nc3c(O)cc4c(c3O)OCO4)c(O)c2)C[C@@H]1O. The van der Waals surface area contributed by atoms with Gasteiger partial charge in [0, 0.05) is 41.7 Å². The summed E-state index contributed by atoms with van der Waals surface area (Å²) in [5.41, 5.74) is 1.23. The van der Waals surface area contributed by atoms with Gasteiger partial charge in [-0.25, -0.2) is 4.39 Å². The average molecular weight is 677 g/mol. The smallest absolute Gasteiger partial charge is 0.251 e. The van der Waals surface area contributed by atoms with Crippen molar-refractivity contribution in [2.75, 3.05) is 18.7 Å². The molecule has 3 atom stereocenters. The molecule has 1 fully saturated rings. The fourth-order valence-corrected chi connectivity index (χ4v) is 5.82. The number of benzene rings is 3. The molecule has 1 amide bonds. The molecule has 0 bridgehead atoms. The maximum absolute atomic E-state index is 13.7. The van der Waals surface area contributed by atoms with E-state index in [0.29, 0.717) is 30.6 Å². The number of halogens is 3. The summed E-state index contributed by atoms with van der Waals surface area (Å²) in [5, 5.41) is 44.7. The first-order valence-electron chi connectivity index (χ1n) is 14.4. The van der Waals surface area contributed by atoms with Gasteiger partial charge in [0.05, 0.1) is 11.1 Å². The third-order valence-corrected chi connectivity index (χ3v) is 8.59. The molecule has 0 saturated heterocycles. The molecule has 5 rings (SSSR count). The Labute approximate surface area is 274 Å². The fraction of sp³-hybridized carbons (Fsp3) is 0.303. The van der Waals surface area contributed by atoms with E-state index < -0.39 is 29.3 Å². The molecule has 1 saturated carbocycles. The lowest BCUT2D eigenvalue weighted by molar-refractivity contribution is -0.112. The van der Waals surface area contributed by atoms with Crippen LogP contribution in [0.1, 0.15) is 38.7 Å². The summed E-state index contributed by atoms with van der Waals surface area (Å²) in [7, 11) is 0. The molecule has 10 nitrogen and oxygen atoms in total. The summed E-state index contributed by atoms with van der Waals surface area (Å²) in [4.78, 5) is 12.8. The van der Waals surface area contributed by atoms with E-state index in [1.54, 1.807) is 12.1 Å². The van der Waals surface area contributed by atoms with E-state index in [-0.39, 0.29) is 69.7 Å². The van der Waals surface area contributed by atoms with Crippen molar-refractivity contribution in [2.24, 2.45) is 5.92 Å². The average Bonchev–Trinajstić information content (AvgIpc) is 3.63. The molecule has 1 heterocycles. The molecular weight excluding hydrogens is 644 g/mol. The van der Waals surface area contributed by atoms with Gasteiger partial charge in [0.25, 0.3) is 5.91 Å².